The van der Waals surface area contributed by atoms with E-state index < -0.39 is 0 Å². The number of nitrogens with one attached hydrogen (secondary N) is 2. The molecule has 19 heavy (non-hydrogen) atoms. The number of carbonyl (C=O) groups is 2. The normalized spacial score (nSPS) is 23.0. The highest BCUT2D eigenvalue weighted by Gasteiger charge is 2.22. The summed E-state index contributed by atoms with van der Waals surface area (Å²) in [7, 11) is 0. The van der Waals surface area contributed by atoms with Gasteiger partial charge in [0.25, 0.3) is 0 Å². The largest absolute Gasteiger partial charge is 0.353 e. The number of carbonyl (C=O) groups excluding carboxylic acids is 2. The van der Waals surface area contributed by atoms with Gasteiger partial charge in [-0.3, -0.25) is 9.59 Å². The molecule has 1 amide bonds. The highest BCUT2D eigenvalue weighted by molar-refractivity contribution is 7.12. The second-order valence-electron chi connectivity index (χ2n) is 5.04. The van der Waals surface area contributed by atoms with Crippen molar-refractivity contribution >= 4 is 23.0 Å². The van der Waals surface area contributed by atoms with E-state index in [2.05, 4.69) is 17.6 Å². The fourth-order valence-corrected chi connectivity index (χ4v) is 2.99. The lowest BCUT2D eigenvalue weighted by Gasteiger charge is -2.30. The maximum absolute atomic E-state index is 11.9. The molecule has 2 rings (SSSR count). The van der Waals surface area contributed by atoms with E-state index in [1.54, 1.807) is 6.07 Å². The number of hydrogen-bond donors (Lipinski definition) is 2. The van der Waals surface area contributed by atoms with E-state index in [-0.39, 0.29) is 24.2 Å². The fourth-order valence-electron chi connectivity index (χ4n) is 2.29. The van der Waals surface area contributed by atoms with E-state index in [0.29, 0.717) is 12.3 Å². The van der Waals surface area contributed by atoms with E-state index in [9.17, 15) is 9.59 Å². The molecule has 0 aliphatic carbocycles. The maximum atomic E-state index is 11.9. The third kappa shape index (κ3) is 4.14. The zero-order valence-electron chi connectivity index (χ0n) is 11.1. The maximum Gasteiger partial charge on any atom is 0.220 e. The van der Waals surface area contributed by atoms with Gasteiger partial charge in [-0.1, -0.05) is 13.0 Å². The third-order valence-corrected chi connectivity index (χ3v) is 4.42. The van der Waals surface area contributed by atoms with Gasteiger partial charge in [0.05, 0.1) is 4.88 Å². The molecule has 1 aliphatic heterocycles. The molecule has 5 heteroatoms. The van der Waals surface area contributed by atoms with Gasteiger partial charge in [0.2, 0.25) is 5.91 Å². The minimum Gasteiger partial charge on any atom is -0.353 e. The average Bonchev–Trinajstić information content (AvgIpc) is 2.93. The number of rotatable bonds is 5. The predicted molar refractivity (Wildman–Crippen MR) is 76.5 cm³/mol. The summed E-state index contributed by atoms with van der Waals surface area (Å²) in [6, 6.07) is 3.90. The van der Waals surface area contributed by atoms with Gasteiger partial charge in [0.1, 0.15) is 0 Å². The quantitative estimate of drug-likeness (QED) is 0.809. The highest BCUT2D eigenvalue weighted by Crippen LogP contribution is 2.13. The van der Waals surface area contributed by atoms with Crippen LogP contribution < -0.4 is 10.6 Å². The van der Waals surface area contributed by atoms with Crippen molar-refractivity contribution in [2.45, 2.75) is 32.2 Å². The summed E-state index contributed by atoms with van der Waals surface area (Å²) in [5.74, 6) is 0.498. The summed E-state index contributed by atoms with van der Waals surface area (Å²) in [5.41, 5.74) is 0. The number of thiophene rings is 1. The van der Waals surface area contributed by atoms with Crippen molar-refractivity contribution < 1.29 is 9.59 Å². The molecule has 104 valence electrons. The molecule has 0 radical (unpaired) electrons. The minimum absolute atomic E-state index is 0.0105. The molecular weight excluding hydrogens is 260 g/mol. The number of hydrogen-bond acceptors (Lipinski definition) is 4. The topological polar surface area (TPSA) is 58.2 Å². The SMILES string of the molecule is CC1CNCCC1NC(=O)CCC(=O)c1cccs1. The Labute approximate surface area is 117 Å². The number of amides is 1. The highest BCUT2D eigenvalue weighted by atomic mass is 32.1. The van der Waals surface area contributed by atoms with Crippen molar-refractivity contribution in [2.75, 3.05) is 13.1 Å². The Morgan fingerprint density at radius 1 is 1.47 bits per heavy atom. The Bertz CT molecular complexity index is 431. The molecule has 0 spiro atoms. The van der Waals surface area contributed by atoms with E-state index in [4.69, 9.17) is 0 Å². The van der Waals surface area contributed by atoms with Gasteiger partial charge >= 0.3 is 0 Å². The molecule has 2 heterocycles. The van der Waals surface area contributed by atoms with Crippen molar-refractivity contribution in [3.63, 3.8) is 0 Å². The summed E-state index contributed by atoms with van der Waals surface area (Å²) in [5, 5.41) is 8.22. The van der Waals surface area contributed by atoms with Crippen LogP contribution in [0.15, 0.2) is 17.5 Å². The zero-order chi connectivity index (χ0) is 13.7. The minimum atomic E-state index is -0.0105. The van der Waals surface area contributed by atoms with Crippen molar-refractivity contribution in [1.82, 2.24) is 10.6 Å². The van der Waals surface area contributed by atoms with Crippen LogP contribution in [0, 0.1) is 5.92 Å². The first kappa shape index (κ1) is 14.2. The fraction of sp³-hybridized carbons (Fsp3) is 0.571. The summed E-state index contributed by atoms with van der Waals surface area (Å²) >= 11 is 1.43. The molecule has 0 saturated carbocycles. The molecular formula is C14H20N2O2S. The Balaban J connectivity index is 1.74. The van der Waals surface area contributed by atoms with Crippen molar-refractivity contribution in [2.24, 2.45) is 5.92 Å². The van der Waals surface area contributed by atoms with Gasteiger partial charge < -0.3 is 10.6 Å². The lowest BCUT2D eigenvalue weighted by atomic mass is 9.95. The van der Waals surface area contributed by atoms with Crippen LogP contribution in [0.2, 0.25) is 0 Å². The van der Waals surface area contributed by atoms with E-state index in [1.165, 1.54) is 11.3 Å². The summed E-state index contributed by atoms with van der Waals surface area (Å²) in [6.45, 7) is 4.02. The summed E-state index contributed by atoms with van der Waals surface area (Å²) < 4.78 is 0. The van der Waals surface area contributed by atoms with Crippen LogP contribution in [0.1, 0.15) is 35.9 Å². The first-order valence-corrected chi connectivity index (χ1v) is 7.61. The van der Waals surface area contributed by atoms with Crippen molar-refractivity contribution in [1.29, 1.82) is 0 Å². The molecule has 2 atom stereocenters. The molecule has 0 aromatic carbocycles. The standard InChI is InChI=1S/C14H20N2O2S/c1-10-9-15-7-6-11(10)16-14(18)5-4-12(17)13-3-2-8-19-13/h2-3,8,10-11,15H,4-7,9H2,1H3,(H,16,18). The second-order valence-corrected chi connectivity index (χ2v) is 5.99. The Hall–Kier alpha value is -1.20. The third-order valence-electron chi connectivity index (χ3n) is 3.51. The van der Waals surface area contributed by atoms with Gasteiger partial charge in [0.15, 0.2) is 5.78 Å². The summed E-state index contributed by atoms with van der Waals surface area (Å²) in [4.78, 5) is 24.4. The van der Waals surface area contributed by atoms with Gasteiger partial charge in [-0.2, -0.15) is 0 Å². The zero-order valence-corrected chi connectivity index (χ0v) is 12.0. The Morgan fingerprint density at radius 2 is 2.32 bits per heavy atom. The summed E-state index contributed by atoms with van der Waals surface area (Å²) in [6.07, 6.45) is 1.55. The second kappa shape index (κ2) is 6.82. The molecule has 2 unspecified atom stereocenters. The van der Waals surface area contributed by atoms with E-state index in [1.807, 2.05) is 11.4 Å². The van der Waals surface area contributed by atoms with E-state index in [0.717, 1.165) is 24.4 Å². The van der Waals surface area contributed by atoms with Gasteiger partial charge in [-0.25, -0.2) is 0 Å². The van der Waals surface area contributed by atoms with Crippen molar-refractivity contribution in [3.05, 3.63) is 22.4 Å². The molecule has 1 aromatic rings. The molecule has 4 nitrogen and oxygen atoms in total. The van der Waals surface area contributed by atoms with Crippen LogP contribution in [-0.2, 0) is 4.79 Å². The molecule has 1 aromatic heterocycles. The molecule has 1 fully saturated rings. The van der Waals surface area contributed by atoms with Gasteiger partial charge in [0, 0.05) is 18.9 Å². The first-order valence-electron chi connectivity index (χ1n) is 6.73. The Kier molecular flexibility index (Phi) is 5.10. The molecule has 0 bridgehead atoms. The van der Waals surface area contributed by atoms with Crippen LogP contribution in [0.4, 0.5) is 0 Å². The van der Waals surface area contributed by atoms with E-state index >= 15 is 0 Å². The monoisotopic (exact) mass is 280 g/mol. The smallest absolute Gasteiger partial charge is 0.220 e. The Morgan fingerprint density at radius 3 is 3.00 bits per heavy atom. The van der Waals surface area contributed by atoms with Crippen LogP contribution >= 0.6 is 11.3 Å². The molecule has 1 aliphatic rings. The predicted octanol–water partition coefficient (Wildman–Crippen LogP) is 1.83. The lowest BCUT2D eigenvalue weighted by molar-refractivity contribution is -0.122. The number of Topliss-reactive ketones (excluding diaryl/α,β-unsaturated/α-hetero) is 1. The molecule has 2 N–H and O–H groups in total. The van der Waals surface area contributed by atoms with Crippen LogP contribution in [0.25, 0.3) is 0 Å². The van der Waals surface area contributed by atoms with Gasteiger partial charge in [-0.05, 0) is 36.9 Å². The van der Waals surface area contributed by atoms with Crippen LogP contribution in [0.3, 0.4) is 0 Å². The molecule has 1 saturated heterocycles. The van der Waals surface area contributed by atoms with Gasteiger partial charge in [-0.15, -0.1) is 11.3 Å². The first-order chi connectivity index (χ1) is 9.16. The average molecular weight is 280 g/mol. The number of piperidine rings is 1. The van der Waals surface area contributed by atoms with Crippen LogP contribution in [0.5, 0.6) is 0 Å². The van der Waals surface area contributed by atoms with Crippen LogP contribution in [-0.4, -0.2) is 30.8 Å². The number of ketones is 1. The van der Waals surface area contributed by atoms with Crippen molar-refractivity contribution in [3.8, 4) is 0 Å². The lowest BCUT2D eigenvalue weighted by Crippen LogP contribution is -2.48.